The van der Waals surface area contributed by atoms with E-state index in [0.717, 1.165) is 5.69 Å². The first kappa shape index (κ1) is 14.3. The number of nitrogens with two attached hydrogens (primary N) is 1. The van der Waals surface area contributed by atoms with Gasteiger partial charge >= 0.3 is 0 Å². The minimum Gasteiger partial charge on any atom is -0.381 e. The van der Waals surface area contributed by atoms with Crippen LogP contribution in [-0.4, -0.2) is 9.97 Å². The van der Waals surface area contributed by atoms with E-state index in [2.05, 4.69) is 15.3 Å². The van der Waals surface area contributed by atoms with E-state index in [4.69, 9.17) is 17.3 Å². The van der Waals surface area contributed by atoms with E-state index in [0.29, 0.717) is 10.6 Å². The Hall–Kier alpha value is -2.66. The van der Waals surface area contributed by atoms with Crippen molar-refractivity contribution in [3.05, 3.63) is 65.4 Å². The van der Waals surface area contributed by atoms with Crippen LogP contribution in [0.2, 0.25) is 5.02 Å². The predicted octanol–water partition coefficient (Wildman–Crippen LogP) is 4.26. The molecule has 0 saturated carbocycles. The summed E-state index contributed by atoms with van der Waals surface area (Å²) in [6.07, 6.45) is 0. The summed E-state index contributed by atoms with van der Waals surface area (Å²) in [5, 5.41) is 3.38. The Morgan fingerprint density at radius 1 is 0.955 bits per heavy atom. The number of anilines is 3. The molecule has 0 saturated heterocycles. The second-order valence-electron chi connectivity index (χ2n) is 4.57. The number of hydrogen-bond acceptors (Lipinski definition) is 4. The average molecular weight is 315 g/mol. The summed E-state index contributed by atoms with van der Waals surface area (Å²) in [5.74, 6) is -0.713. The molecule has 0 spiro atoms. The number of aromatic nitrogens is 2. The molecule has 0 fully saturated rings. The summed E-state index contributed by atoms with van der Waals surface area (Å²) in [4.78, 5) is 8.12. The van der Waals surface area contributed by atoms with Gasteiger partial charge in [-0.05, 0) is 18.2 Å². The Morgan fingerprint density at radius 3 is 2.36 bits per heavy atom. The van der Waals surface area contributed by atoms with E-state index in [-0.39, 0.29) is 17.5 Å². The number of hydrogen-bond donors (Lipinski definition) is 2. The first-order valence-corrected chi connectivity index (χ1v) is 6.93. The van der Waals surface area contributed by atoms with Crippen LogP contribution in [0.25, 0.3) is 11.3 Å². The van der Waals surface area contributed by atoms with Crippen molar-refractivity contribution in [2.75, 3.05) is 11.1 Å². The van der Waals surface area contributed by atoms with E-state index >= 15 is 0 Å². The number of para-hydroxylation sites is 1. The third-order valence-corrected chi connectivity index (χ3v) is 3.37. The standard InChI is InChI=1S/C16H12ClFN4/c17-12-9-5-4-8-11(12)14-13(18)15(19)22-16(21-14)20-10-6-2-1-3-7-10/h1-9H,(H3,19,20,21,22). The molecule has 0 unspecified atom stereocenters. The molecule has 3 rings (SSSR count). The number of nitrogens with one attached hydrogen (secondary N) is 1. The van der Waals surface area contributed by atoms with Crippen molar-refractivity contribution in [2.45, 2.75) is 0 Å². The number of nitrogen functional groups attached to an aromatic ring is 1. The van der Waals surface area contributed by atoms with Gasteiger partial charge in [0.15, 0.2) is 11.6 Å². The van der Waals surface area contributed by atoms with Crippen LogP contribution in [0.1, 0.15) is 0 Å². The van der Waals surface area contributed by atoms with Gasteiger partial charge in [-0.3, -0.25) is 0 Å². The van der Waals surface area contributed by atoms with Gasteiger partial charge < -0.3 is 11.1 Å². The highest BCUT2D eigenvalue weighted by Gasteiger charge is 2.16. The number of halogens is 2. The van der Waals surface area contributed by atoms with Crippen molar-refractivity contribution in [1.29, 1.82) is 0 Å². The molecule has 1 aromatic heterocycles. The van der Waals surface area contributed by atoms with Gasteiger partial charge in [0.25, 0.3) is 0 Å². The van der Waals surface area contributed by atoms with Crippen molar-refractivity contribution >= 4 is 29.1 Å². The Kier molecular flexibility index (Phi) is 3.89. The van der Waals surface area contributed by atoms with Crippen LogP contribution >= 0.6 is 11.6 Å². The second kappa shape index (κ2) is 5.99. The molecular formula is C16H12ClFN4. The first-order valence-electron chi connectivity index (χ1n) is 6.55. The van der Waals surface area contributed by atoms with Gasteiger partial charge in [-0.1, -0.05) is 48.0 Å². The molecule has 0 aliphatic carbocycles. The van der Waals surface area contributed by atoms with Gasteiger partial charge in [0.1, 0.15) is 5.69 Å². The molecule has 1 heterocycles. The SMILES string of the molecule is Nc1nc(Nc2ccccc2)nc(-c2ccccc2Cl)c1F. The highest BCUT2D eigenvalue weighted by atomic mass is 35.5. The van der Waals surface area contributed by atoms with Crippen molar-refractivity contribution in [2.24, 2.45) is 0 Å². The summed E-state index contributed by atoms with van der Waals surface area (Å²) >= 11 is 6.11. The van der Waals surface area contributed by atoms with E-state index in [1.54, 1.807) is 24.3 Å². The summed E-state index contributed by atoms with van der Waals surface area (Å²) in [7, 11) is 0. The molecule has 0 aliphatic heterocycles. The largest absolute Gasteiger partial charge is 0.381 e. The predicted molar refractivity (Wildman–Crippen MR) is 86.6 cm³/mol. The normalized spacial score (nSPS) is 10.5. The van der Waals surface area contributed by atoms with Crippen LogP contribution < -0.4 is 11.1 Å². The third kappa shape index (κ3) is 2.84. The monoisotopic (exact) mass is 314 g/mol. The Morgan fingerprint density at radius 2 is 1.64 bits per heavy atom. The lowest BCUT2D eigenvalue weighted by atomic mass is 10.1. The van der Waals surface area contributed by atoms with Crippen molar-refractivity contribution in [3.63, 3.8) is 0 Å². The molecule has 3 aromatic rings. The molecule has 0 bridgehead atoms. The van der Waals surface area contributed by atoms with Crippen LogP contribution in [0.15, 0.2) is 54.6 Å². The molecule has 6 heteroatoms. The molecule has 0 aliphatic rings. The Bertz CT molecular complexity index is 808. The maximum Gasteiger partial charge on any atom is 0.229 e. The van der Waals surface area contributed by atoms with E-state index in [9.17, 15) is 4.39 Å². The molecule has 0 atom stereocenters. The molecule has 110 valence electrons. The second-order valence-corrected chi connectivity index (χ2v) is 4.97. The topological polar surface area (TPSA) is 63.8 Å². The minimum absolute atomic E-state index is 0.0662. The molecule has 22 heavy (non-hydrogen) atoms. The van der Waals surface area contributed by atoms with Gasteiger partial charge in [0.05, 0.1) is 5.02 Å². The van der Waals surface area contributed by atoms with Crippen molar-refractivity contribution < 1.29 is 4.39 Å². The lowest BCUT2D eigenvalue weighted by Gasteiger charge is -2.10. The fourth-order valence-corrected chi connectivity index (χ4v) is 2.23. The summed E-state index contributed by atoms with van der Waals surface area (Å²) in [5.41, 5.74) is 6.96. The molecule has 4 nitrogen and oxygen atoms in total. The average Bonchev–Trinajstić information content (AvgIpc) is 2.52. The van der Waals surface area contributed by atoms with Crippen LogP contribution in [0.3, 0.4) is 0 Å². The lowest BCUT2D eigenvalue weighted by Crippen LogP contribution is -2.05. The fourth-order valence-electron chi connectivity index (χ4n) is 2.00. The van der Waals surface area contributed by atoms with Crippen LogP contribution in [-0.2, 0) is 0 Å². The molecule has 3 N–H and O–H groups in total. The molecule has 2 aromatic carbocycles. The first-order chi connectivity index (χ1) is 10.6. The van der Waals surface area contributed by atoms with Crippen molar-refractivity contribution in [3.8, 4) is 11.3 Å². The maximum atomic E-state index is 14.2. The zero-order valence-electron chi connectivity index (χ0n) is 11.4. The molecule has 0 radical (unpaired) electrons. The van der Waals surface area contributed by atoms with E-state index in [1.807, 2.05) is 30.3 Å². The molecule has 0 amide bonds. The van der Waals surface area contributed by atoms with Crippen LogP contribution in [0, 0.1) is 5.82 Å². The van der Waals surface area contributed by atoms with E-state index in [1.165, 1.54) is 0 Å². The quantitative estimate of drug-likeness (QED) is 0.758. The van der Waals surface area contributed by atoms with Gasteiger partial charge in [-0.15, -0.1) is 0 Å². The highest BCUT2D eigenvalue weighted by Crippen LogP contribution is 2.31. The third-order valence-electron chi connectivity index (χ3n) is 3.04. The maximum absolute atomic E-state index is 14.2. The highest BCUT2D eigenvalue weighted by molar-refractivity contribution is 6.33. The Balaban J connectivity index is 2.06. The summed E-state index contributed by atoms with van der Waals surface area (Å²) in [6.45, 7) is 0. The van der Waals surface area contributed by atoms with Crippen LogP contribution in [0.4, 0.5) is 21.8 Å². The zero-order chi connectivity index (χ0) is 15.5. The number of benzene rings is 2. The lowest BCUT2D eigenvalue weighted by molar-refractivity contribution is 0.625. The molecular weight excluding hydrogens is 303 g/mol. The van der Waals surface area contributed by atoms with Gasteiger partial charge in [0, 0.05) is 11.3 Å². The fraction of sp³-hybridized carbons (Fsp3) is 0. The Labute approximate surface area is 131 Å². The minimum atomic E-state index is -0.688. The van der Waals surface area contributed by atoms with Crippen molar-refractivity contribution in [1.82, 2.24) is 9.97 Å². The summed E-state index contributed by atoms with van der Waals surface area (Å²) < 4.78 is 14.2. The zero-order valence-corrected chi connectivity index (χ0v) is 12.2. The number of nitrogens with zero attached hydrogens (tertiary/aromatic N) is 2. The van der Waals surface area contributed by atoms with Crippen LogP contribution in [0.5, 0.6) is 0 Å². The van der Waals surface area contributed by atoms with Gasteiger partial charge in [-0.2, -0.15) is 4.98 Å². The smallest absolute Gasteiger partial charge is 0.229 e. The van der Waals surface area contributed by atoms with Gasteiger partial charge in [-0.25, -0.2) is 9.37 Å². The van der Waals surface area contributed by atoms with E-state index < -0.39 is 5.82 Å². The number of rotatable bonds is 3. The summed E-state index contributed by atoms with van der Waals surface area (Å²) in [6, 6.07) is 16.2. The van der Waals surface area contributed by atoms with Gasteiger partial charge in [0.2, 0.25) is 5.95 Å².